The summed E-state index contributed by atoms with van der Waals surface area (Å²) in [7, 11) is 0. The van der Waals surface area contributed by atoms with Gasteiger partial charge in [-0.1, -0.05) is 0 Å². The second-order valence-electron chi connectivity index (χ2n) is 5.44. The van der Waals surface area contributed by atoms with E-state index in [0.29, 0.717) is 28.1 Å². The fourth-order valence-electron chi connectivity index (χ4n) is 2.35. The molecular weight excluding hydrogens is 328 g/mol. The minimum absolute atomic E-state index is 0.231. The normalized spacial score (nSPS) is 9.96. The molecule has 2 heterocycles. The minimum Gasteiger partial charge on any atom is -0.398 e. The summed E-state index contributed by atoms with van der Waals surface area (Å²) in [6.07, 6.45) is 5.96. The number of hydrogen-bond acceptors (Lipinski definition) is 6. The summed E-state index contributed by atoms with van der Waals surface area (Å²) in [5.41, 5.74) is 8.87. The molecule has 0 aliphatic carbocycles. The van der Waals surface area contributed by atoms with E-state index in [1.807, 2.05) is 6.07 Å². The van der Waals surface area contributed by atoms with Gasteiger partial charge in [0, 0.05) is 47.3 Å². The van der Waals surface area contributed by atoms with Gasteiger partial charge in [0.05, 0.1) is 16.8 Å². The van der Waals surface area contributed by atoms with Gasteiger partial charge in [0.2, 0.25) is 0 Å². The van der Waals surface area contributed by atoms with Gasteiger partial charge in [0.25, 0.3) is 5.91 Å². The largest absolute Gasteiger partial charge is 0.398 e. The van der Waals surface area contributed by atoms with Gasteiger partial charge in [0.1, 0.15) is 6.07 Å². The van der Waals surface area contributed by atoms with Crippen molar-refractivity contribution in [3.05, 3.63) is 83.4 Å². The Bertz CT molecular complexity index is 1020. The quantitative estimate of drug-likeness (QED) is 0.496. The summed E-state index contributed by atoms with van der Waals surface area (Å²) in [5, 5.41) is 20.0. The summed E-state index contributed by atoms with van der Waals surface area (Å²) >= 11 is 0. The number of nitrogen functional groups attached to an aromatic ring is 1. The first-order valence-corrected chi connectivity index (χ1v) is 7.64. The van der Waals surface area contributed by atoms with Crippen LogP contribution in [0.3, 0.4) is 0 Å². The van der Waals surface area contributed by atoms with Crippen molar-refractivity contribution in [1.82, 2.24) is 9.97 Å². The Hall–Kier alpha value is -4.05. The fourth-order valence-corrected chi connectivity index (χ4v) is 2.35. The zero-order valence-electron chi connectivity index (χ0n) is 13.6. The van der Waals surface area contributed by atoms with E-state index in [4.69, 9.17) is 16.4 Å². The van der Waals surface area contributed by atoms with Crippen molar-refractivity contribution >= 4 is 23.0 Å². The average molecular weight is 342 g/mol. The van der Waals surface area contributed by atoms with Crippen LogP contribution in [0.1, 0.15) is 27.0 Å². The molecule has 3 aromatic rings. The lowest BCUT2D eigenvalue weighted by molar-refractivity contribution is 0.102. The van der Waals surface area contributed by atoms with E-state index in [9.17, 15) is 4.79 Å². The van der Waals surface area contributed by atoms with E-state index in [-0.39, 0.29) is 11.3 Å². The molecule has 0 radical (unpaired) electrons. The molecule has 4 N–H and O–H groups in total. The molecule has 26 heavy (non-hydrogen) atoms. The molecule has 1 aromatic carbocycles. The molecule has 126 valence electrons. The summed E-state index contributed by atoms with van der Waals surface area (Å²) < 4.78 is 0. The van der Waals surface area contributed by atoms with Crippen molar-refractivity contribution in [2.24, 2.45) is 0 Å². The lowest BCUT2D eigenvalue weighted by atomic mass is 10.0. The van der Waals surface area contributed by atoms with E-state index < -0.39 is 5.91 Å². The highest BCUT2D eigenvalue weighted by atomic mass is 16.1. The van der Waals surface area contributed by atoms with Crippen LogP contribution in [-0.4, -0.2) is 21.6 Å². The number of aromatic nitrogens is 2. The number of pyridine rings is 2. The van der Waals surface area contributed by atoms with Gasteiger partial charge in [-0.2, -0.15) is 5.26 Å². The average Bonchev–Trinajstić information content (AvgIpc) is 2.69. The smallest absolute Gasteiger partial charge is 0.257 e. The number of nitrogens with one attached hydrogen (secondary N) is 2. The van der Waals surface area contributed by atoms with Gasteiger partial charge in [-0.3, -0.25) is 20.2 Å². The Kier molecular flexibility index (Phi) is 4.67. The molecule has 1 amide bonds. The highest BCUT2D eigenvalue weighted by Crippen LogP contribution is 2.21. The third-order valence-electron chi connectivity index (χ3n) is 3.68. The van der Waals surface area contributed by atoms with Crippen molar-refractivity contribution in [2.45, 2.75) is 0 Å². The van der Waals surface area contributed by atoms with Crippen LogP contribution in [-0.2, 0) is 0 Å². The SMILES string of the molecule is N#Cc1cncc(C(=O)Nc2ccc(N)c(C(=N)c3ccncc3)c2)c1. The van der Waals surface area contributed by atoms with Crippen LogP contribution in [0.5, 0.6) is 0 Å². The van der Waals surface area contributed by atoms with E-state index in [1.165, 1.54) is 18.5 Å². The molecule has 0 saturated carbocycles. The highest BCUT2D eigenvalue weighted by Gasteiger charge is 2.12. The van der Waals surface area contributed by atoms with Crippen LogP contribution < -0.4 is 11.1 Å². The third-order valence-corrected chi connectivity index (χ3v) is 3.68. The van der Waals surface area contributed by atoms with Gasteiger partial charge < -0.3 is 11.1 Å². The third kappa shape index (κ3) is 3.55. The molecular formula is C19H14N6O. The number of anilines is 2. The first-order valence-electron chi connectivity index (χ1n) is 7.64. The number of benzene rings is 1. The summed E-state index contributed by atoms with van der Waals surface area (Å²) in [4.78, 5) is 20.2. The van der Waals surface area contributed by atoms with Crippen molar-refractivity contribution in [2.75, 3.05) is 11.1 Å². The van der Waals surface area contributed by atoms with E-state index >= 15 is 0 Å². The molecule has 7 heteroatoms. The number of nitrogens with two attached hydrogens (primary N) is 1. The Balaban J connectivity index is 1.87. The van der Waals surface area contributed by atoms with Gasteiger partial charge in [-0.25, -0.2) is 0 Å². The van der Waals surface area contributed by atoms with Crippen LogP contribution in [0.4, 0.5) is 11.4 Å². The predicted molar refractivity (Wildman–Crippen MR) is 97.9 cm³/mol. The fraction of sp³-hybridized carbons (Fsp3) is 0. The second-order valence-corrected chi connectivity index (χ2v) is 5.44. The Morgan fingerprint density at radius 2 is 1.85 bits per heavy atom. The van der Waals surface area contributed by atoms with Gasteiger partial charge in [-0.05, 0) is 36.4 Å². The molecule has 0 bridgehead atoms. The van der Waals surface area contributed by atoms with Crippen molar-refractivity contribution < 1.29 is 4.79 Å². The Labute approximate surface area is 149 Å². The minimum atomic E-state index is -0.402. The van der Waals surface area contributed by atoms with Crippen molar-refractivity contribution in [1.29, 1.82) is 10.7 Å². The molecule has 0 aliphatic rings. The van der Waals surface area contributed by atoms with E-state index in [1.54, 1.807) is 42.7 Å². The first-order chi connectivity index (χ1) is 12.6. The number of carbonyl (C=O) groups excluding carboxylic acids is 1. The van der Waals surface area contributed by atoms with Crippen LogP contribution in [0.2, 0.25) is 0 Å². The van der Waals surface area contributed by atoms with Crippen molar-refractivity contribution in [3.63, 3.8) is 0 Å². The van der Waals surface area contributed by atoms with E-state index in [2.05, 4.69) is 15.3 Å². The number of nitrogens with zero attached hydrogens (tertiary/aromatic N) is 3. The van der Waals surface area contributed by atoms with Gasteiger partial charge >= 0.3 is 0 Å². The van der Waals surface area contributed by atoms with E-state index in [0.717, 1.165) is 0 Å². The van der Waals surface area contributed by atoms with Gasteiger partial charge in [0.15, 0.2) is 0 Å². The monoisotopic (exact) mass is 342 g/mol. The van der Waals surface area contributed by atoms with Crippen molar-refractivity contribution in [3.8, 4) is 6.07 Å². The molecule has 0 saturated heterocycles. The van der Waals surface area contributed by atoms with Crippen LogP contribution in [0, 0.1) is 16.7 Å². The molecule has 0 unspecified atom stereocenters. The molecule has 0 fully saturated rings. The number of rotatable bonds is 4. The molecule has 7 nitrogen and oxygen atoms in total. The summed E-state index contributed by atoms with van der Waals surface area (Å²) in [6, 6.07) is 11.7. The van der Waals surface area contributed by atoms with Gasteiger partial charge in [-0.15, -0.1) is 0 Å². The highest BCUT2D eigenvalue weighted by molar-refractivity contribution is 6.14. The number of amides is 1. The maximum atomic E-state index is 12.4. The number of hydrogen-bond donors (Lipinski definition) is 3. The lowest BCUT2D eigenvalue weighted by Gasteiger charge is -2.11. The van der Waals surface area contributed by atoms with Crippen LogP contribution >= 0.6 is 0 Å². The number of carbonyl (C=O) groups is 1. The molecule has 0 atom stereocenters. The van der Waals surface area contributed by atoms with Crippen LogP contribution in [0.15, 0.2) is 61.2 Å². The first kappa shape index (κ1) is 16.8. The lowest BCUT2D eigenvalue weighted by Crippen LogP contribution is -2.14. The zero-order chi connectivity index (χ0) is 18.5. The maximum Gasteiger partial charge on any atom is 0.257 e. The number of nitriles is 1. The summed E-state index contributed by atoms with van der Waals surface area (Å²) in [6.45, 7) is 0. The topological polar surface area (TPSA) is 129 Å². The van der Waals surface area contributed by atoms with Crippen LogP contribution in [0.25, 0.3) is 0 Å². The Morgan fingerprint density at radius 1 is 1.08 bits per heavy atom. The molecule has 3 rings (SSSR count). The molecule has 0 spiro atoms. The summed E-state index contributed by atoms with van der Waals surface area (Å²) in [5.74, 6) is -0.402. The zero-order valence-corrected chi connectivity index (χ0v) is 13.6. The Morgan fingerprint density at radius 3 is 2.58 bits per heavy atom. The standard InChI is InChI=1S/C19H14N6O/c20-9-12-7-14(11-24-10-12)19(26)25-15-1-2-17(21)16(8-15)18(22)13-3-5-23-6-4-13/h1-8,10-11,22H,21H2,(H,25,26). The predicted octanol–water partition coefficient (Wildman–Crippen LogP) is 2.60. The molecule has 0 aliphatic heterocycles. The second kappa shape index (κ2) is 7.23. The maximum absolute atomic E-state index is 12.4. The molecule has 2 aromatic heterocycles.